The van der Waals surface area contributed by atoms with Crippen molar-refractivity contribution in [3.05, 3.63) is 65.7 Å². The topological polar surface area (TPSA) is 81.4 Å². The number of ketones is 1. The third kappa shape index (κ3) is 6.01. The second kappa shape index (κ2) is 9.73. The molecule has 0 fully saturated rings. The smallest absolute Gasteiger partial charge is 0.258 e. The van der Waals surface area contributed by atoms with Gasteiger partial charge in [0.05, 0.1) is 0 Å². The number of ether oxygens (including phenoxy) is 1. The van der Waals surface area contributed by atoms with Crippen LogP contribution < -0.4 is 15.8 Å². The number of nitrogens with one attached hydrogen (secondary N) is 1. The maximum absolute atomic E-state index is 12.3. The van der Waals surface area contributed by atoms with Crippen LogP contribution >= 0.6 is 0 Å². The van der Waals surface area contributed by atoms with Gasteiger partial charge in [0.25, 0.3) is 5.91 Å². The number of hydrogen-bond donors (Lipinski definition) is 2. The van der Waals surface area contributed by atoms with Crippen molar-refractivity contribution < 1.29 is 14.3 Å². The molecule has 0 saturated heterocycles. The molecule has 0 heterocycles. The van der Waals surface area contributed by atoms with Crippen LogP contribution in [0.25, 0.3) is 0 Å². The Morgan fingerprint density at radius 3 is 2.19 bits per heavy atom. The Balaban J connectivity index is 1.87. The molecule has 0 radical (unpaired) electrons. The highest BCUT2D eigenvalue weighted by molar-refractivity contribution is 6.08. The molecule has 1 unspecified atom stereocenters. The maximum atomic E-state index is 12.3. The van der Waals surface area contributed by atoms with E-state index in [2.05, 4.69) is 19.2 Å². The molecular formula is C21H26N2O3. The quantitative estimate of drug-likeness (QED) is 0.679. The minimum absolute atomic E-state index is 0.0445. The van der Waals surface area contributed by atoms with Gasteiger partial charge >= 0.3 is 0 Å². The van der Waals surface area contributed by atoms with Gasteiger partial charge in [-0.25, -0.2) is 0 Å². The summed E-state index contributed by atoms with van der Waals surface area (Å²) in [6.45, 7) is 4.49. The molecule has 0 aliphatic carbocycles. The van der Waals surface area contributed by atoms with Crippen LogP contribution in [0.15, 0.2) is 54.6 Å². The SMILES string of the molecule is CC(C)CC(CN)NC(=O)COc1ccc(C(=O)c2ccccc2)cc1. The van der Waals surface area contributed by atoms with Crippen LogP contribution in [0.3, 0.4) is 0 Å². The average Bonchev–Trinajstić information content (AvgIpc) is 2.66. The van der Waals surface area contributed by atoms with Crippen LogP contribution in [0.2, 0.25) is 0 Å². The van der Waals surface area contributed by atoms with Crippen molar-refractivity contribution in [3.63, 3.8) is 0 Å². The lowest BCUT2D eigenvalue weighted by atomic mass is 10.0. The second-order valence-corrected chi connectivity index (χ2v) is 6.64. The number of nitrogens with two attached hydrogens (primary N) is 1. The highest BCUT2D eigenvalue weighted by Crippen LogP contribution is 2.15. The fourth-order valence-electron chi connectivity index (χ4n) is 2.66. The molecule has 1 amide bonds. The first-order valence-corrected chi connectivity index (χ1v) is 8.81. The summed E-state index contributed by atoms with van der Waals surface area (Å²) in [5.41, 5.74) is 6.90. The fraction of sp³-hybridized carbons (Fsp3) is 0.333. The Morgan fingerprint density at radius 2 is 1.62 bits per heavy atom. The van der Waals surface area contributed by atoms with Crippen molar-refractivity contribution >= 4 is 11.7 Å². The molecule has 138 valence electrons. The fourth-order valence-corrected chi connectivity index (χ4v) is 2.66. The van der Waals surface area contributed by atoms with Crippen molar-refractivity contribution in [2.24, 2.45) is 11.7 Å². The van der Waals surface area contributed by atoms with Gasteiger partial charge in [-0.05, 0) is 36.6 Å². The molecule has 0 aromatic heterocycles. The lowest BCUT2D eigenvalue weighted by Gasteiger charge is -2.18. The van der Waals surface area contributed by atoms with Crippen molar-refractivity contribution in [3.8, 4) is 5.75 Å². The number of benzene rings is 2. The van der Waals surface area contributed by atoms with E-state index >= 15 is 0 Å². The third-order valence-electron chi connectivity index (χ3n) is 3.93. The Kier molecular flexibility index (Phi) is 7.36. The molecule has 1 atom stereocenters. The molecule has 5 nitrogen and oxygen atoms in total. The van der Waals surface area contributed by atoms with E-state index in [0.717, 1.165) is 6.42 Å². The van der Waals surface area contributed by atoms with E-state index in [4.69, 9.17) is 10.5 Å². The summed E-state index contributed by atoms with van der Waals surface area (Å²) in [5.74, 6) is 0.747. The molecule has 3 N–H and O–H groups in total. The average molecular weight is 354 g/mol. The van der Waals surface area contributed by atoms with Crippen molar-refractivity contribution in [2.45, 2.75) is 26.3 Å². The Bertz CT molecular complexity index is 712. The van der Waals surface area contributed by atoms with E-state index in [1.165, 1.54) is 0 Å². The first-order valence-electron chi connectivity index (χ1n) is 8.81. The van der Waals surface area contributed by atoms with Gasteiger partial charge in [0.2, 0.25) is 0 Å². The van der Waals surface area contributed by atoms with Gasteiger partial charge in [0.1, 0.15) is 5.75 Å². The third-order valence-corrected chi connectivity index (χ3v) is 3.93. The predicted molar refractivity (Wildman–Crippen MR) is 102 cm³/mol. The molecule has 26 heavy (non-hydrogen) atoms. The van der Waals surface area contributed by atoms with E-state index in [1.54, 1.807) is 36.4 Å². The lowest BCUT2D eigenvalue weighted by molar-refractivity contribution is -0.123. The monoisotopic (exact) mass is 354 g/mol. The van der Waals surface area contributed by atoms with Gasteiger partial charge in [-0.1, -0.05) is 44.2 Å². The van der Waals surface area contributed by atoms with Crippen LogP contribution in [-0.2, 0) is 4.79 Å². The van der Waals surface area contributed by atoms with Gasteiger partial charge in [-0.15, -0.1) is 0 Å². The Labute approximate surface area is 154 Å². The second-order valence-electron chi connectivity index (χ2n) is 6.64. The van der Waals surface area contributed by atoms with Crippen LogP contribution in [-0.4, -0.2) is 30.9 Å². The van der Waals surface area contributed by atoms with E-state index in [9.17, 15) is 9.59 Å². The first kappa shape index (κ1) is 19.7. The zero-order valence-corrected chi connectivity index (χ0v) is 15.3. The standard InChI is InChI=1S/C21H26N2O3/c1-15(2)12-18(13-22)23-20(24)14-26-19-10-8-17(9-11-19)21(25)16-6-4-3-5-7-16/h3-11,15,18H,12-14,22H2,1-2H3,(H,23,24). The summed E-state index contributed by atoms with van der Waals surface area (Å²) in [6, 6.07) is 15.8. The molecular weight excluding hydrogens is 328 g/mol. The van der Waals surface area contributed by atoms with Gasteiger partial charge < -0.3 is 15.8 Å². The Hall–Kier alpha value is -2.66. The normalized spacial score (nSPS) is 11.8. The van der Waals surface area contributed by atoms with Gasteiger partial charge in [0.15, 0.2) is 12.4 Å². The zero-order valence-electron chi connectivity index (χ0n) is 15.3. The molecule has 0 saturated carbocycles. The first-order chi connectivity index (χ1) is 12.5. The van der Waals surface area contributed by atoms with Gasteiger partial charge in [-0.2, -0.15) is 0 Å². The minimum atomic E-state index is -0.203. The summed E-state index contributed by atoms with van der Waals surface area (Å²) in [4.78, 5) is 24.3. The molecule has 0 spiro atoms. The molecule has 2 aromatic rings. The van der Waals surface area contributed by atoms with Crippen LogP contribution in [0, 0.1) is 5.92 Å². The lowest BCUT2D eigenvalue weighted by Crippen LogP contribution is -2.43. The predicted octanol–water partition coefficient (Wildman–Crippen LogP) is 2.79. The van der Waals surface area contributed by atoms with Crippen LogP contribution in [0.5, 0.6) is 5.75 Å². The van der Waals surface area contributed by atoms with Crippen molar-refractivity contribution in [1.82, 2.24) is 5.32 Å². The number of hydrogen-bond acceptors (Lipinski definition) is 4. The van der Waals surface area contributed by atoms with E-state index in [0.29, 0.717) is 29.3 Å². The molecule has 0 bridgehead atoms. The highest BCUT2D eigenvalue weighted by atomic mass is 16.5. The molecule has 0 aliphatic rings. The molecule has 0 aliphatic heterocycles. The number of carbonyl (C=O) groups is 2. The zero-order chi connectivity index (χ0) is 18.9. The van der Waals surface area contributed by atoms with Gasteiger partial charge in [-0.3, -0.25) is 9.59 Å². The molecule has 2 aromatic carbocycles. The summed E-state index contributed by atoms with van der Waals surface area (Å²) < 4.78 is 5.49. The highest BCUT2D eigenvalue weighted by Gasteiger charge is 2.13. The minimum Gasteiger partial charge on any atom is -0.484 e. The Morgan fingerprint density at radius 1 is 1.00 bits per heavy atom. The van der Waals surface area contributed by atoms with Crippen LogP contribution in [0.4, 0.5) is 0 Å². The van der Waals surface area contributed by atoms with E-state index in [1.807, 2.05) is 18.2 Å². The van der Waals surface area contributed by atoms with E-state index in [-0.39, 0.29) is 24.3 Å². The summed E-state index contributed by atoms with van der Waals surface area (Å²) in [6.07, 6.45) is 0.832. The summed E-state index contributed by atoms with van der Waals surface area (Å²) >= 11 is 0. The maximum Gasteiger partial charge on any atom is 0.258 e. The van der Waals surface area contributed by atoms with Crippen LogP contribution in [0.1, 0.15) is 36.2 Å². The summed E-state index contributed by atoms with van der Waals surface area (Å²) in [5, 5.41) is 2.88. The molecule has 2 rings (SSSR count). The number of carbonyl (C=O) groups excluding carboxylic acids is 2. The largest absolute Gasteiger partial charge is 0.484 e. The summed E-state index contributed by atoms with van der Waals surface area (Å²) in [7, 11) is 0. The van der Waals surface area contributed by atoms with Crippen molar-refractivity contribution in [1.29, 1.82) is 0 Å². The molecule has 5 heteroatoms. The number of rotatable bonds is 9. The van der Waals surface area contributed by atoms with Gasteiger partial charge in [0, 0.05) is 23.7 Å². The van der Waals surface area contributed by atoms with E-state index < -0.39 is 0 Å². The van der Waals surface area contributed by atoms with Crippen molar-refractivity contribution in [2.75, 3.05) is 13.2 Å². The number of amides is 1.